The number of hydrogen-bond acceptors (Lipinski definition) is 5. The van der Waals surface area contributed by atoms with Gasteiger partial charge in [0.2, 0.25) is 0 Å². The number of carbonyl (C=O) groups excluding carboxylic acids is 2. The van der Waals surface area contributed by atoms with E-state index in [1.807, 2.05) is 38.1 Å². The van der Waals surface area contributed by atoms with Crippen molar-refractivity contribution in [3.05, 3.63) is 70.9 Å². The molecule has 162 valence electrons. The van der Waals surface area contributed by atoms with E-state index in [1.54, 1.807) is 24.3 Å². The van der Waals surface area contributed by atoms with Gasteiger partial charge in [-0.25, -0.2) is 4.79 Å². The van der Waals surface area contributed by atoms with Crippen LogP contribution in [0, 0.1) is 18.3 Å². The summed E-state index contributed by atoms with van der Waals surface area (Å²) in [7, 11) is 0. The van der Waals surface area contributed by atoms with Gasteiger partial charge in [0.15, 0.2) is 0 Å². The number of esters is 1. The zero-order chi connectivity index (χ0) is 22.8. The fourth-order valence-corrected chi connectivity index (χ4v) is 3.01. The van der Waals surface area contributed by atoms with E-state index < -0.39 is 11.9 Å². The molecule has 1 amide bonds. The molecule has 2 aromatic rings. The van der Waals surface area contributed by atoms with Crippen LogP contribution in [0.4, 0.5) is 11.4 Å². The molecule has 0 aliphatic rings. The molecular weight excluding hydrogens is 390 g/mol. The molecule has 0 aromatic heterocycles. The predicted molar refractivity (Wildman–Crippen MR) is 123 cm³/mol. The quantitative estimate of drug-likeness (QED) is 0.241. The number of hydrogen-bond donors (Lipinski definition) is 2. The second-order valence-corrected chi connectivity index (χ2v) is 7.50. The summed E-state index contributed by atoms with van der Waals surface area (Å²) in [5.74, 6) is -0.837. The van der Waals surface area contributed by atoms with Crippen LogP contribution in [0.5, 0.6) is 0 Å². The summed E-state index contributed by atoms with van der Waals surface area (Å²) in [6.45, 7) is 8.46. The van der Waals surface area contributed by atoms with E-state index in [-0.39, 0.29) is 17.1 Å². The van der Waals surface area contributed by atoms with Crippen molar-refractivity contribution in [2.24, 2.45) is 0 Å². The molecule has 0 heterocycles. The zero-order valence-electron chi connectivity index (χ0n) is 18.5. The van der Waals surface area contributed by atoms with E-state index in [9.17, 15) is 14.9 Å². The van der Waals surface area contributed by atoms with E-state index >= 15 is 0 Å². The number of nitrogens with one attached hydrogen (secondary N) is 2. The Morgan fingerprint density at radius 2 is 1.90 bits per heavy atom. The van der Waals surface area contributed by atoms with Crippen LogP contribution in [0.3, 0.4) is 0 Å². The highest BCUT2D eigenvalue weighted by atomic mass is 16.5. The Labute approximate surface area is 183 Å². The molecule has 6 nitrogen and oxygen atoms in total. The van der Waals surface area contributed by atoms with E-state index in [2.05, 4.69) is 24.5 Å². The van der Waals surface area contributed by atoms with Gasteiger partial charge >= 0.3 is 5.97 Å². The predicted octanol–water partition coefficient (Wildman–Crippen LogP) is 5.53. The first-order valence-electron chi connectivity index (χ1n) is 10.4. The number of unbranched alkanes of at least 4 members (excludes halogenated alkanes) is 1. The van der Waals surface area contributed by atoms with Gasteiger partial charge in [0.05, 0.1) is 17.9 Å². The third-order valence-electron chi connectivity index (χ3n) is 4.78. The Kier molecular flexibility index (Phi) is 8.83. The molecule has 2 rings (SSSR count). The van der Waals surface area contributed by atoms with Gasteiger partial charge in [-0.3, -0.25) is 4.79 Å². The van der Waals surface area contributed by atoms with Crippen molar-refractivity contribution in [1.29, 1.82) is 5.26 Å². The Morgan fingerprint density at radius 3 is 2.58 bits per heavy atom. The topological polar surface area (TPSA) is 91.2 Å². The fourth-order valence-electron chi connectivity index (χ4n) is 3.01. The lowest BCUT2D eigenvalue weighted by Gasteiger charge is -2.15. The first kappa shape index (κ1) is 23.7. The summed E-state index contributed by atoms with van der Waals surface area (Å²) in [6, 6.07) is 14.5. The number of para-hydroxylation sites is 2. The molecule has 0 fully saturated rings. The smallest absolute Gasteiger partial charge is 0.340 e. The second-order valence-electron chi connectivity index (χ2n) is 7.50. The number of amides is 1. The molecule has 31 heavy (non-hydrogen) atoms. The highest BCUT2D eigenvalue weighted by Crippen LogP contribution is 2.27. The molecule has 0 aliphatic heterocycles. The molecule has 2 aromatic carbocycles. The van der Waals surface area contributed by atoms with Crippen LogP contribution in [0.25, 0.3) is 0 Å². The number of aryl methyl sites for hydroxylation is 1. The molecule has 0 saturated carbocycles. The Morgan fingerprint density at radius 1 is 1.16 bits per heavy atom. The maximum Gasteiger partial charge on any atom is 0.340 e. The van der Waals surface area contributed by atoms with E-state index in [0.717, 1.165) is 29.7 Å². The van der Waals surface area contributed by atoms with E-state index in [4.69, 9.17) is 4.74 Å². The SMILES string of the molecule is CCCCOC(=O)c1ccccc1NC(=O)/C(C#N)=C\Nc1c(C)cccc1C(C)C. The zero-order valence-corrected chi connectivity index (χ0v) is 18.5. The first-order valence-corrected chi connectivity index (χ1v) is 10.4. The molecule has 0 spiro atoms. The molecular formula is C25H29N3O3. The molecule has 6 heteroatoms. The Hall–Kier alpha value is -3.59. The third-order valence-corrected chi connectivity index (χ3v) is 4.78. The lowest BCUT2D eigenvalue weighted by atomic mass is 9.98. The van der Waals surface area contributed by atoms with Crippen molar-refractivity contribution in [1.82, 2.24) is 0 Å². The minimum atomic E-state index is -0.608. The van der Waals surface area contributed by atoms with Crippen molar-refractivity contribution in [2.45, 2.75) is 46.5 Å². The minimum absolute atomic E-state index is 0.105. The molecule has 0 aliphatic carbocycles. The summed E-state index contributed by atoms with van der Waals surface area (Å²) in [5.41, 5.74) is 3.42. The van der Waals surface area contributed by atoms with Crippen molar-refractivity contribution in [3.8, 4) is 6.07 Å². The van der Waals surface area contributed by atoms with Crippen molar-refractivity contribution in [3.63, 3.8) is 0 Å². The van der Waals surface area contributed by atoms with Crippen LogP contribution in [0.2, 0.25) is 0 Å². The van der Waals surface area contributed by atoms with Gasteiger partial charge in [0, 0.05) is 11.9 Å². The summed E-state index contributed by atoms with van der Waals surface area (Å²) < 4.78 is 5.25. The number of ether oxygens (including phenoxy) is 1. The maximum absolute atomic E-state index is 12.7. The van der Waals surface area contributed by atoms with Crippen molar-refractivity contribution in [2.75, 3.05) is 17.2 Å². The minimum Gasteiger partial charge on any atom is -0.462 e. The van der Waals surface area contributed by atoms with Crippen molar-refractivity contribution >= 4 is 23.3 Å². The monoisotopic (exact) mass is 419 g/mol. The molecule has 0 atom stereocenters. The highest BCUT2D eigenvalue weighted by molar-refractivity contribution is 6.09. The summed E-state index contributed by atoms with van der Waals surface area (Å²) >= 11 is 0. The average Bonchev–Trinajstić information content (AvgIpc) is 2.75. The van der Waals surface area contributed by atoms with Gasteiger partial charge in [-0.1, -0.05) is 57.5 Å². The average molecular weight is 420 g/mol. The van der Waals surface area contributed by atoms with Gasteiger partial charge < -0.3 is 15.4 Å². The Bertz CT molecular complexity index is 1000. The molecule has 0 saturated heterocycles. The van der Waals surface area contributed by atoms with Crippen LogP contribution >= 0.6 is 0 Å². The second kappa shape index (κ2) is 11.6. The standard InChI is InChI=1S/C25H29N3O3/c1-5-6-14-31-25(30)21-11-7-8-13-22(21)28-24(29)19(15-26)16-27-23-18(4)10-9-12-20(23)17(2)3/h7-13,16-17,27H,5-6,14H2,1-4H3,(H,28,29)/b19-16-. The number of nitriles is 1. The molecule has 0 bridgehead atoms. The number of carbonyl (C=O) groups is 2. The third kappa shape index (κ3) is 6.45. The van der Waals surface area contributed by atoms with Gasteiger partial charge in [0.25, 0.3) is 5.91 Å². The largest absolute Gasteiger partial charge is 0.462 e. The van der Waals surface area contributed by atoms with Crippen LogP contribution in [-0.2, 0) is 9.53 Å². The van der Waals surface area contributed by atoms with Crippen LogP contribution in [0.15, 0.2) is 54.2 Å². The molecule has 2 N–H and O–H groups in total. The number of anilines is 2. The lowest BCUT2D eigenvalue weighted by molar-refractivity contribution is -0.112. The summed E-state index contributed by atoms with van der Waals surface area (Å²) in [4.78, 5) is 25.1. The van der Waals surface area contributed by atoms with Gasteiger partial charge in [0.1, 0.15) is 11.6 Å². The van der Waals surface area contributed by atoms with E-state index in [1.165, 1.54) is 6.20 Å². The van der Waals surface area contributed by atoms with Crippen LogP contribution in [0.1, 0.15) is 61.0 Å². The molecule has 0 unspecified atom stereocenters. The fraction of sp³-hybridized carbons (Fsp3) is 0.320. The first-order chi connectivity index (χ1) is 14.9. The van der Waals surface area contributed by atoms with Gasteiger partial charge in [-0.15, -0.1) is 0 Å². The van der Waals surface area contributed by atoms with Crippen LogP contribution in [-0.4, -0.2) is 18.5 Å². The highest BCUT2D eigenvalue weighted by Gasteiger charge is 2.17. The molecule has 0 radical (unpaired) electrons. The Balaban J connectivity index is 2.20. The normalized spacial score (nSPS) is 11.0. The maximum atomic E-state index is 12.7. The number of nitrogens with zero attached hydrogens (tertiary/aromatic N) is 1. The van der Waals surface area contributed by atoms with E-state index in [0.29, 0.717) is 12.3 Å². The van der Waals surface area contributed by atoms with Gasteiger partial charge in [-0.2, -0.15) is 5.26 Å². The summed E-state index contributed by atoms with van der Waals surface area (Å²) in [5, 5.41) is 15.3. The van der Waals surface area contributed by atoms with Crippen molar-refractivity contribution < 1.29 is 14.3 Å². The van der Waals surface area contributed by atoms with Gasteiger partial charge in [-0.05, 0) is 42.5 Å². The van der Waals surface area contributed by atoms with Crippen LogP contribution < -0.4 is 10.6 Å². The number of benzene rings is 2. The lowest BCUT2D eigenvalue weighted by Crippen LogP contribution is -2.18. The summed E-state index contributed by atoms with van der Waals surface area (Å²) in [6.07, 6.45) is 3.07. The number of rotatable bonds is 9.